The smallest absolute Gasteiger partial charge is 0.0553 e. The van der Waals surface area contributed by atoms with Gasteiger partial charge in [-0.25, -0.2) is 0 Å². The minimum atomic E-state index is 0.590. The first-order valence-electron chi connectivity index (χ1n) is 5.48. The zero-order chi connectivity index (χ0) is 11.0. The standard InChI is InChI=1S/C13H17NS/c1-8(2)11-5-10-7-14-15-13(10)6-12(11)9(3)4/h5-9H,1-4H3. The molecule has 2 rings (SSSR count). The van der Waals surface area contributed by atoms with Crippen LogP contribution in [-0.2, 0) is 0 Å². The summed E-state index contributed by atoms with van der Waals surface area (Å²) in [5, 5.41) is 1.29. The van der Waals surface area contributed by atoms with Crippen LogP contribution in [0.2, 0.25) is 0 Å². The second-order valence-electron chi connectivity index (χ2n) is 4.65. The van der Waals surface area contributed by atoms with Crippen LogP contribution in [0, 0.1) is 0 Å². The molecule has 0 aliphatic rings. The molecule has 0 aliphatic carbocycles. The van der Waals surface area contributed by atoms with Gasteiger partial charge in [0.1, 0.15) is 0 Å². The molecule has 0 N–H and O–H groups in total. The third-order valence-electron chi connectivity index (χ3n) is 2.80. The van der Waals surface area contributed by atoms with E-state index in [-0.39, 0.29) is 0 Å². The van der Waals surface area contributed by atoms with E-state index in [2.05, 4.69) is 44.2 Å². The third-order valence-corrected chi connectivity index (χ3v) is 3.56. The fourth-order valence-electron chi connectivity index (χ4n) is 1.95. The molecule has 0 spiro atoms. The van der Waals surface area contributed by atoms with E-state index in [0.717, 1.165) is 0 Å². The molecule has 0 saturated heterocycles. The molecule has 1 aromatic carbocycles. The highest BCUT2D eigenvalue weighted by Crippen LogP contribution is 2.31. The number of fused-ring (bicyclic) bond motifs is 1. The van der Waals surface area contributed by atoms with E-state index < -0.39 is 0 Å². The molecule has 0 amide bonds. The Morgan fingerprint density at radius 3 is 2.20 bits per heavy atom. The largest absolute Gasteiger partial charge is 0.200 e. The van der Waals surface area contributed by atoms with Gasteiger partial charge in [-0.2, -0.15) is 4.37 Å². The maximum atomic E-state index is 4.24. The van der Waals surface area contributed by atoms with Gasteiger partial charge in [-0.3, -0.25) is 0 Å². The molecule has 1 heterocycles. The minimum absolute atomic E-state index is 0.590. The first-order valence-corrected chi connectivity index (χ1v) is 6.25. The summed E-state index contributed by atoms with van der Waals surface area (Å²) in [5.41, 5.74) is 2.94. The summed E-state index contributed by atoms with van der Waals surface area (Å²) in [6.07, 6.45) is 1.97. The lowest BCUT2D eigenvalue weighted by Gasteiger charge is -2.15. The zero-order valence-electron chi connectivity index (χ0n) is 9.74. The van der Waals surface area contributed by atoms with Gasteiger partial charge in [-0.15, -0.1) is 0 Å². The van der Waals surface area contributed by atoms with Crippen LogP contribution in [0.5, 0.6) is 0 Å². The van der Waals surface area contributed by atoms with Gasteiger partial charge in [-0.1, -0.05) is 27.7 Å². The van der Waals surface area contributed by atoms with Crippen LogP contribution in [0.4, 0.5) is 0 Å². The van der Waals surface area contributed by atoms with Gasteiger partial charge < -0.3 is 0 Å². The monoisotopic (exact) mass is 219 g/mol. The number of nitrogens with zero attached hydrogens (tertiary/aromatic N) is 1. The van der Waals surface area contributed by atoms with Crippen LogP contribution in [0.3, 0.4) is 0 Å². The molecule has 2 heteroatoms. The Labute approximate surface area is 95.3 Å². The van der Waals surface area contributed by atoms with E-state index in [1.165, 1.54) is 21.2 Å². The van der Waals surface area contributed by atoms with Crippen molar-refractivity contribution in [2.24, 2.45) is 0 Å². The van der Waals surface area contributed by atoms with E-state index in [4.69, 9.17) is 0 Å². The highest BCUT2D eigenvalue weighted by atomic mass is 32.1. The van der Waals surface area contributed by atoms with Crippen LogP contribution in [0.25, 0.3) is 10.1 Å². The summed E-state index contributed by atoms with van der Waals surface area (Å²) in [5.74, 6) is 1.18. The van der Waals surface area contributed by atoms with Crippen molar-refractivity contribution in [3.8, 4) is 0 Å². The molecule has 0 unspecified atom stereocenters. The summed E-state index contributed by atoms with van der Waals surface area (Å²) < 4.78 is 5.55. The first kappa shape index (κ1) is 10.6. The predicted octanol–water partition coefficient (Wildman–Crippen LogP) is 4.54. The van der Waals surface area contributed by atoms with Crippen LogP contribution < -0.4 is 0 Å². The molecule has 80 valence electrons. The van der Waals surface area contributed by atoms with Crippen molar-refractivity contribution in [1.29, 1.82) is 0 Å². The molecular weight excluding hydrogens is 202 g/mol. The number of rotatable bonds is 2. The van der Waals surface area contributed by atoms with E-state index in [9.17, 15) is 0 Å². The fraction of sp³-hybridized carbons (Fsp3) is 0.462. The molecule has 0 atom stereocenters. The molecule has 0 fully saturated rings. The van der Waals surface area contributed by atoms with Crippen LogP contribution in [-0.4, -0.2) is 4.37 Å². The molecule has 2 aromatic rings. The zero-order valence-corrected chi connectivity index (χ0v) is 10.6. The van der Waals surface area contributed by atoms with E-state index >= 15 is 0 Å². The molecular formula is C13H17NS. The average molecular weight is 219 g/mol. The maximum absolute atomic E-state index is 4.24. The van der Waals surface area contributed by atoms with E-state index in [0.29, 0.717) is 11.8 Å². The van der Waals surface area contributed by atoms with Gasteiger partial charge >= 0.3 is 0 Å². The second kappa shape index (κ2) is 3.93. The number of benzene rings is 1. The summed E-state index contributed by atoms with van der Waals surface area (Å²) in [6, 6.07) is 4.62. The third kappa shape index (κ3) is 1.91. The lowest BCUT2D eigenvalue weighted by atomic mass is 9.90. The van der Waals surface area contributed by atoms with Crippen molar-refractivity contribution in [2.75, 3.05) is 0 Å². The van der Waals surface area contributed by atoms with Crippen LogP contribution in [0.1, 0.15) is 50.7 Å². The van der Waals surface area contributed by atoms with E-state index in [1.54, 1.807) is 11.5 Å². The summed E-state index contributed by atoms with van der Waals surface area (Å²) in [4.78, 5) is 0. The quantitative estimate of drug-likeness (QED) is 0.722. The lowest BCUT2D eigenvalue weighted by Crippen LogP contribution is -1.97. The molecule has 0 aliphatic heterocycles. The van der Waals surface area contributed by atoms with E-state index in [1.807, 2.05) is 6.20 Å². The number of hydrogen-bond donors (Lipinski definition) is 0. The van der Waals surface area contributed by atoms with Crippen LogP contribution in [0.15, 0.2) is 18.3 Å². The molecule has 0 radical (unpaired) electrons. The van der Waals surface area contributed by atoms with Gasteiger partial charge in [0.2, 0.25) is 0 Å². The molecule has 0 saturated carbocycles. The van der Waals surface area contributed by atoms with Gasteiger partial charge in [-0.05, 0) is 46.6 Å². The normalized spacial score (nSPS) is 11.9. The SMILES string of the molecule is CC(C)c1cc2cnsc2cc1C(C)C. The van der Waals surface area contributed by atoms with Gasteiger partial charge in [0.15, 0.2) is 0 Å². The Kier molecular flexibility index (Phi) is 2.79. The highest BCUT2D eigenvalue weighted by molar-refractivity contribution is 7.13. The maximum Gasteiger partial charge on any atom is 0.0553 e. The van der Waals surface area contributed by atoms with Gasteiger partial charge in [0, 0.05) is 11.6 Å². The second-order valence-corrected chi connectivity index (χ2v) is 5.49. The molecule has 1 aromatic heterocycles. The molecule has 0 bridgehead atoms. The predicted molar refractivity (Wildman–Crippen MR) is 67.8 cm³/mol. The Morgan fingerprint density at radius 1 is 1.00 bits per heavy atom. The first-order chi connectivity index (χ1) is 7.09. The lowest BCUT2D eigenvalue weighted by molar-refractivity contribution is 0.793. The van der Waals surface area contributed by atoms with Crippen LogP contribution >= 0.6 is 11.5 Å². The van der Waals surface area contributed by atoms with Crippen molar-refractivity contribution in [3.63, 3.8) is 0 Å². The topological polar surface area (TPSA) is 12.9 Å². The van der Waals surface area contributed by atoms with Crippen molar-refractivity contribution < 1.29 is 0 Å². The summed E-state index contributed by atoms with van der Waals surface area (Å²) in [6.45, 7) is 9.03. The Bertz CT molecular complexity index is 426. The Morgan fingerprint density at radius 2 is 1.60 bits per heavy atom. The van der Waals surface area contributed by atoms with Crippen molar-refractivity contribution in [3.05, 3.63) is 29.5 Å². The van der Waals surface area contributed by atoms with Crippen molar-refractivity contribution >= 4 is 21.6 Å². The summed E-state index contributed by atoms with van der Waals surface area (Å²) in [7, 11) is 0. The fourth-order valence-corrected chi connectivity index (χ4v) is 2.63. The summed E-state index contributed by atoms with van der Waals surface area (Å²) >= 11 is 1.59. The minimum Gasteiger partial charge on any atom is -0.200 e. The van der Waals surface area contributed by atoms with Gasteiger partial charge in [0.25, 0.3) is 0 Å². The van der Waals surface area contributed by atoms with Gasteiger partial charge in [0.05, 0.1) is 4.70 Å². The van der Waals surface area contributed by atoms with Crippen molar-refractivity contribution in [2.45, 2.75) is 39.5 Å². The highest BCUT2D eigenvalue weighted by Gasteiger charge is 2.12. The Balaban J connectivity index is 2.68. The number of hydrogen-bond acceptors (Lipinski definition) is 2. The molecule has 1 nitrogen and oxygen atoms in total. The number of aromatic nitrogens is 1. The van der Waals surface area contributed by atoms with Crippen molar-refractivity contribution in [1.82, 2.24) is 4.37 Å². The Hall–Kier alpha value is -0.890. The molecule has 15 heavy (non-hydrogen) atoms. The average Bonchev–Trinajstić information content (AvgIpc) is 2.61.